The topological polar surface area (TPSA) is 53.9 Å². The molecule has 112 valence electrons. The summed E-state index contributed by atoms with van der Waals surface area (Å²) >= 11 is 1.50. The third kappa shape index (κ3) is 3.49. The molecule has 0 aliphatic heterocycles. The Balaban J connectivity index is 1.99. The largest absolute Gasteiger partial charge is 0.332 e. The molecule has 0 radical (unpaired) electrons. The van der Waals surface area contributed by atoms with Crippen LogP contribution in [0.3, 0.4) is 0 Å². The van der Waals surface area contributed by atoms with Gasteiger partial charge >= 0.3 is 11.4 Å². The Hall–Kier alpha value is -2.15. The molecule has 0 fully saturated rings. The Kier molecular flexibility index (Phi) is 5.10. The first-order chi connectivity index (χ1) is 10.2. The van der Waals surface area contributed by atoms with E-state index in [1.807, 2.05) is 26.0 Å². The molecule has 0 aromatic carbocycles. The zero-order valence-corrected chi connectivity index (χ0v) is 12.9. The van der Waals surface area contributed by atoms with Gasteiger partial charge in [-0.05, 0) is 13.8 Å². The average molecular weight is 306 g/mol. The highest BCUT2D eigenvalue weighted by Crippen LogP contribution is 2.06. The Labute approximate surface area is 126 Å². The van der Waals surface area contributed by atoms with Gasteiger partial charge in [-0.25, -0.2) is 9.59 Å². The maximum Gasteiger partial charge on any atom is 0.332 e. The van der Waals surface area contributed by atoms with Crippen LogP contribution < -0.4 is 11.4 Å². The number of hydrogen-bond acceptors (Lipinski definition) is 3. The van der Waals surface area contributed by atoms with Crippen LogP contribution in [0.25, 0.3) is 12.4 Å². The highest BCUT2D eigenvalue weighted by Gasteiger charge is 2.03. The predicted octanol–water partition coefficient (Wildman–Crippen LogP) is 1.94. The summed E-state index contributed by atoms with van der Waals surface area (Å²) in [5.41, 5.74) is -0.168. The zero-order valence-electron chi connectivity index (χ0n) is 12.0. The van der Waals surface area contributed by atoms with Crippen molar-refractivity contribution in [3.63, 3.8) is 0 Å². The van der Waals surface area contributed by atoms with Gasteiger partial charge in [-0.3, -0.25) is 18.3 Å². The van der Waals surface area contributed by atoms with Crippen molar-refractivity contribution in [2.45, 2.75) is 25.6 Å². The van der Waals surface area contributed by atoms with Crippen molar-refractivity contribution in [3.05, 3.63) is 57.9 Å². The van der Waals surface area contributed by atoms with Crippen LogP contribution >= 0.6 is 11.8 Å². The van der Waals surface area contributed by atoms with E-state index in [4.69, 9.17) is 0 Å². The molecule has 2 heterocycles. The molecule has 0 aliphatic carbocycles. The van der Waals surface area contributed by atoms with Crippen LogP contribution in [0.4, 0.5) is 0 Å². The molecule has 0 saturated heterocycles. The van der Waals surface area contributed by atoms with E-state index in [1.54, 1.807) is 46.3 Å². The molecule has 6 nitrogen and oxygen atoms in total. The maximum absolute atomic E-state index is 11.9. The molecule has 0 bridgehead atoms. The van der Waals surface area contributed by atoms with Crippen LogP contribution in [-0.4, -0.2) is 18.3 Å². The predicted molar refractivity (Wildman–Crippen MR) is 87.0 cm³/mol. The van der Waals surface area contributed by atoms with Crippen LogP contribution in [0.1, 0.15) is 13.8 Å². The highest BCUT2D eigenvalue weighted by molar-refractivity contribution is 7.97. The van der Waals surface area contributed by atoms with Crippen molar-refractivity contribution in [1.29, 1.82) is 0 Å². The van der Waals surface area contributed by atoms with Crippen LogP contribution in [0.5, 0.6) is 0 Å². The summed E-state index contributed by atoms with van der Waals surface area (Å²) in [5, 5.41) is 0. The van der Waals surface area contributed by atoms with E-state index >= 15 is 0 Å². The first-order valence-electron chi connectivity index (χ1n) is 6.55. The molecule has 0 spiro atoms. The van der Waals surface area contributed by atoms with Gasteiger partial charge in [0.25, 0.3) is 0 Å². The van der Waals surface area contributed by atoms with E-state index < -0.39 is 0 Å². The molecule has 21 heavy (non-hydrogen) atoms. The van der Waals surface area contributed by atoms with Crippen molar-refractivity contribution in [3.8, 4) is 0 Å². The van der Waals surface area contributed by atoms with Crippen LogP contribution in [-0.2, 0) is 11.8 Å². The van der Waals surface area contributed by atoms with Gasteiger partial charge in [0.2, 0.25) is 0 Å². The van der Waals surface area contributed by atoms with Crippen LogP contribution in [0.2, 0.25) is 0 Å². The van der Waals surface area contributed by atoms with Gasteiger partial charge in [0.1, 0.15) is 0 Å². The lowest BCUT2D eigenvalue weighted by Gasteiger charge is -2.02. The molecule has 0 saturated carbocycles. The lowest BCUT2D eigenvalue weighted by atomic mass is 10.7. The molecular weight excluding hydrogens is 288 g/mol. The number of allylic oxidation sites excluding steroid dienone is 2. The summed E-state index contributed by atoms with van der Waals surface area (Å²) in [6.45, 7) is 3.72. The van der Waals surface area contributed by atoms with E-state index in [-0.39, 0.29) is 11.4 Å². The minimum absolute atomic E-state index is 0.0839. The minimum atomic E-state index is -0.0839. The van der Waals surface area contributed by atoms with Gasteiger partial charge in [0.15, 0.2) is 0 Å². The minimum Gasteiger partial charge on any atom is -0.289 e. The van der Waals surface area contributed by atoms with E-state index in [9.17, 15) is 9.59 Å². The fourth-order valence-electron chi connectivity index (χ4n) is 1.84. The summed E-state index contributed by atoms with van der Waals surface area (Å²) in [6, 6.07) is 0. The number of thioether (sulfide) groups is 1. The molecule has 2 rings (SSSR count). The van der Waals surface area contributed by atoms with Crippen molar-refractivity contribution in [2.75, 3.05) is 0 Å². The molecule has 0 aliphatic rings. The molecule has 0 amide bonds. The first kappa shape index (κ1) is 15.2. The Morgan fingerprint density at radius 3 is 1.67 bits per heavy atom. The number of nitrogens with zero attached hydrogens (tertiary/aromatic N) is 4. The van der Waals surface area contributed by atoms with Crippen LogP contribution in [0.15, 0.2) is 46.5 Å². The van der Waals surface area contributed by atoms with E-state index in [0.717, 1.165) is 0 Å². The number of imidazole rings is 2. The lowest BCUT2D eigenvalue weighted by Crippen LogP contribution is -2.22. The van der Waals surface area contributed by atoms with Crippen molar-refractivity contribution < 1.29 is 0 Å². The number of hydrogen-bond donors (Lipinski definition) is 0. The SMILES string of the molecule is C/C=C/n1ccn(CSCn2ccn(/C=C/C)c2=O)c1=O. The smallest absolute Gasteiger partial charge is 0.289 e. The second-order valence-corrected chi connectivity index (χ2v) is 5.27. The Bertz CT molecular complexity index is 696. The monoisotopic (exact) mass is 306 g/mol. The van der Waals surface area contributed by atoms with Gasteiger partial charge in [-0.1, -0.05) is 12.2 Å². The second kappa shape index (κ2) is 7.03. The second-order valence-electron chi connectivity index (χ2n) is 4.34. The fourth-order valence-corrected chi connectivity index (χ4v) is 2.71. The molecule has 0 atom stereocenters. The lowest BCUT2D eigenvalue weighted by molar-refractivity contribution is 0.791. The maximum atomic E-state index is 11.9. The van der Waals surface area contributed by atoms with Crippen molar-refractivity contribution in [1.82, 2.24) is 18.3 Å². The van der Waals surface area contributed by atoms with Gasteiger partial charge in [0.05, 0.1) is 11.8 Å². The number of rotatable bonds is 6. The molecule has 7 heteroatoms. The molecule has 0 N–H and O–H groups in total. The van der Waals surface area contributed by atoms with Gasteiger partial charge < -0.3 is 0 Å². The van der Waals surface area contributed by atoms with Crippen LogP contribution in [0, 0.1) is 0 Å². The zero-order chi connectivity index (χ0) is 15.2. The third-order valence-electron chi connectivity index (χ3n) is 2.83. The average Bonchev–Trinajstić information content (AvgIpc) is 2.99. The first-order valence-corrected chi connectivity index (χ1v) is 7.70. The summed E-state index contributed by atoms with van der Waals surface area (Å²) in [5.74, 6) is 1.01. The van der Waals surface area contributed by atoms with Gasteiger partial charge in [-0.15, -0.1) is 11.8 Å². The summed E-state index contributed by atoms with van der Waals surface area (Å²) in [7, 11) is 0. The normalized spacial score (nSPS) is 11.9. The van der Waals surface area contributed by atoms with Crippen molar-refractivity contribution >= 4 is 24.2 Å². The van der Waals surface area contributed by atoms with Gasteiger partial charge in [-0.2, -0.15) is 0 Å². The molecule has 2 aromatic heterocycles. The summed E-state index contributed by atoms with van der Waals surface area (Å²) < 4.78 is 6.27. The number of aromatic nitrogens is 4. The third-order valence-corrected chi connectivity index (χ3v) is 3.75. The highest BCUT2D eigenvalue weighted by atomic mass is 32.2. The quantitative estimate of drug-likeness (QED) is 0.819. The molecular formula is C14H18N4O2S. The Morgan fingerprint density at radius 2 is 1.29 bits per heavy atom. The summed E-state index contributed by atoms with van der Waals surface area (Å²) in [4.78, 5) is 23.9. The van der Waals surface area contributed by atoms with Crippen molar-refractivity contribution in [2.24, 2.45) is 0 Å². The fraction of sp³-hybridized carbons (Fsp3) is 0.286. The summed E-state index contributed by atoms with van der Waals surface area (Å²) in [6.07, 6.45) is 14.0. The Morgan fingerprint density at radius 1 is 0.857 bits per heavy atom. The van der Waals surface area contributed by atoms with E-state index in [1.165, 1.54) is 20.9 Å². The van der Waals surface area contributed by atoms with E-state index in [0.29, 0.717) is 11.8 Å². The standard InChI is InChI=1S/C14H18N4O2S/c1-3-5-15-7-9-17(13(15)19)11-21-12-18-10-8-16(6-4-2)14(18)20/h3-10H,11-12H2,1-2H3/b5-3+,6-4+. The van der Waals surface area contributed by atoms with Gasteiger partial charge in [0, 0.05) is 37.2 Å². The molecule has 0 unspecified atom stereocenters. The van der Waals surface area contributed by atoms with E-state index in [2.05, 4.69) is 0 Å². The molecule has 2 aromatic rings.